The molecule has 1 aromatic carbocycles. The Hall–Kier alpha value is -2.02. The van der Waals surface area contributed by atoms with E-state index in [9.17, 15) is 4.79 Å². The number of benzene rings is 1. The molecular weight excluding hydrogens is 352 g/mol. The summed E-state index contributed by atoms with van der Waals surface area (Å²) in [4.78, 5) is 21.3. The molecule has 0 bridgehead atoms. The molecule has 2 aromatic heterocycles. The first-order valence-corrected chi connectivity index (χ1v) is 8.81. The fourth-order valence-electron chi connectivity index (χ4n) is 2.24. The number of esters is 1. The number of rotatable bonds is 2. The van der Waals surface area contributed by atoms with Crippen LogP contribution in [0.5, 0.6) is 0 Å². The Morgan fingerprint density at radius 3 is 2.87 bits per heavy atom. The largest absolute Gasteiger partial charge is 0.401 e. The number of aliphatic imine (C=N–C) groups is 1. The third kappa shape index (κ3) is 2.59. The summed E-state index contributed by atoms with van der Waals surface area (Å²) in [7, 11) is 0. The van der Waals surface area contributed by atoms with Gasteiger partial charge in [-0.1, -0.05) is 29.8 Å². The van der Waals surface area contributed by atoms with Gasteiger partial charge in [0, 0.05) is 15.5 Å². The van der Waals surface area contributed by atoms with E-state index in [-0.39, 0.29) is 11.6 Å². The standard InChI is InChI=1S/C16H9ClN2O2S2/c1-8-18-9(7-22-8)6-11-16(20)21-15(19-11)14-13(17)10-4-2-3-5-12(10)23-14/h2-7H,1H3/b11-6+. The van der Waals surface area contributed by atoms with Crippen LogP contribution in [0.4, 0.5) is 0 Å². The van der Waals surface area contributed by atoms with Crippen molar-refractivity contribution in [3.63, 3.8) is 0 Å². The van der Waals surface area contributed by atoms with Gasteiger partial charge in [0.2, 0.25) is 5.90 Å². The van der Waals surface area contributed by atoms with Gasteiger partial charge in [-0.2, -0.15) is 0 Å². The van der Waals surface area contributed by atoms with Crippen molar-refractivity contribution in [2.75, 3.05) is 0 Å². The number of fused-ring (bicyclic) bond motifs is 1. The smallest absolute Gasteiger partial charge is 0.363 e. The minimum absolute atomic E-state index is 0.235. The zero-order valence-corrected chi connectivity index (χ0v) is 14.3. The maximum atomic E-state index is 12.0. The zero-order valence-electron chi connectivity index (χ0n) is 11.9. The van der Waals surface area contributed by atoms with Gasteiger partial charge in [-0.25, -0.2) is 14.8 Å². The van der Waals surface area contributed by atoms with Gasteiger partial charge in [-0.05, 0) is 19.1 Å². The van der Waals surface area contributed by atoms with Gasteiger partial charge in [0.25, 0.3) is 0 Å². The molecule has 0 N–H and O–H groups in total. The predicted octanol–water partition coefficient (Wildman–Crippen LogP) is 4.66. The number of nitrogens with zero attached hydrogens (tertiary/aromatic N) is 2. The number of carbonyl (C=O) groups is 1. The number of hydrogen-bond donors (Lipinski definition) is 0. The minimum atomic E-state index is -0.487. The average Bonchev–Trinajstić information content (AvgIpc) is 3.20. The Morgan fingerprint density at radius 1 is 1.30 bits per heavy atom. The molecule has 0 unspecified atom stereocenters. The number of halogens is 1. The summed E-state index contributed by atoms with van der Waals surface area (Å²) in [6, 6.07) is 7.77. The third-order valence-corrected chi connectivity index (χ3v) is 5.73. The van der Waals surface area contributed by atoms with E-state index in [2.05, 4.69) is 9.98 Å². The van der Waals surface area contributed by atoms with E-state index in [0.29, 0.717) is 15.6 Å². The van der Waals surface area contributed by atoms with Crippen molar-refractivity contribution in [1.82, 2.24) is 4.98 Å². The van der Waals surface area contributed by atoms with Crippen LogP contribution in [-0.4, -0.2) is 16.9 Å². The van der Waals surface area contributed by atoms with Crippen LogP contribution in [0.1, 0.15) is 15.6 Å². The molecule has 7 heteroatoms. The molecule has 23 heavy (non-hydrogen) atoms. The highest BCUT2D eigenvalue weighted by Gasteiger charge is 2.28. The Kier molecular flexibility index (Phi) is 3.52. The normalized spacial score (nSPS) is 16.2. The summed E-state index contributed by atoms with van der Waals surface area (Å²) in [5.74, 6) is -0.237. The van der Waals surface area contributed by atoms with Gasteiger partial charge < -0.3 is 4.74 Å². The molecule has 3 aromatic rings. The topological polar surface area (TPSA) is 51.6 Å². The number of carbonyl (C=O) groups excluding carboxylic acids is 1. The molecule has 1 aliphatic heterocycles. The number of cyclic esters (lactones) is 1. The van der Waals surface area contributed by atoms with E-state index in [1.165, 1.54) is 22.7 Å². The van der Waals surface area contributed by atoms with Crippen LogP contribution in [0.15, 0.2) is 40.3 Å². The van der Waals surface area contributed by atoms with Crippen LogP contribution in [0, 0.1) is 6.92 Å². The molecule has 0 atom stereocenters. The van der Waals surface area contributed by atoms with Crippen molar-refractivity contribution in [2.24, 2.45) is 4.99 Å². The first kappa shape index (κ1) is 14.6. The average molecular weight is 361 g/mol. The summed E-state index contributed by atoms with van der Waals surface area (Å²) in [5, 5.41) is 4.29. The van der Waals surface area contributed by atoms with Gasteiger partial charge in [0.05, 0.1) is 15.7 Å². The first-order chi connectivity index (χ1) is 11.1. The van der Waals surface area contributed by atoms with E-state index in [1.807, 2.05) is 36.6 Å². The molecular formula is C16H9ClN2O2S2. The molecule has 4 rings (SSSR count). The number of aryl methyl sites for hydroxylation is 1. The predicted molar refractivity (Wildman–Crippen MR) is 94.3 cm³/mol. The van der Waals surface area contributed by atoms with Crippen molar-refractivity contribution < 1.29 is 9.53 Å². The van der Waals surface area contributed by atoms with E-state index in [0.717, 1.165) is 15.1 Å². The van der Waals surface area contributed by atoms with Crippen molar-refractivity contribution in [3.05, 3.63) is 55.9 Å². The lowest BCUT2D eigenvalue weighted by molar-refractivity contribution is -0.129. The first-order valence-electron chi connectivity index (χ1n) is 6.74. The number of ether oxygens (including phenoxy) is 1. The Labute approximate surface area is 144 Å². The maximum Gasteiger partial charge on any atom is 0.363 e. The number of thiophene rings is 1. The minimum Gasteiger partial charge on any atom is -0.401 e. The Bertz CT molecular complexity index is 1000. The number of hydrogen-bond acceptors (Lipinski definition) is 6. The van der Waals surface area contributed by atoms with Crippen LogP contribution >= 0.6 is 34.3 Å². The van der Waals surface area contributed by atoms with Crippen molar-refractivity contribution in [3.8, 4) is 0 Å². The van der Waals surface area contributed by atoms with Crippen LogP contribution in [0.25, 0.3) is 16.2 Å². The van der Waals surface area contributed by atoms with E-state index in [4.69, 9.17) is 16.3 Å². The molecule has 4 nitrogen and oxygen atoms in total. The lowest BCUT2D eigenvalue weighted by Crippen LogP contribution is -2.04. The highest BCUT2D eigenvalue weighted by Crippen LogP contribution is 2.37. The summed E-state index contributed by atoms with van der Waals surface area (Å²) in [6.07, 6.45) is 1.63. The Balaban J connectivity index is 1.77. The van der Waals surface area contributed by atoms with Crippen LogP contribution < -0.4 is 0 Å². The molecule has 114 valence electrons. The number of aromatic nitrogens is 1. The highest BCUT2D eigenvalue weighted by atomic mass is 35.5. The van der Waals surface area contributed by atoms with Crippen molar-refractivity contribution in [2.45, 2.75) is 6.92 Å². The number of thiazole rings is 1. The van der Waals surface area contributed by atoms with Gasteiger partial charge in [-0.3, -0.25) is 0 Å². The zero-order chi connectivity index (χ0) is 16.0. The molecule has 1 aliphatic rings. The second kappa shape index (κ2) is 5.56. The molecule has 0 saturated heterocycles. The van der Waals surface area contributed by atoms with Crippen LogP contribution in [0.3, 0.4) is 0 Å². The SMILES string of the molecule is Cc1nc(/C=C2/N=C(c3sc4ccccc4c3Cl)OC2=O)cs1. The molecule has 0 fully saturated rings. The molecule has 0 saturated carbocycles. The Morgan fingerprint density at radius 2 is 2.13 bits per heavy atom. The highest BCUT2D eigenvalue weighted by molar-refractivity contribution is 7.21. The molecule has 3 heterocycles. The van der Waals surface area contributed by atoms with Gasteiger partial charge >= 0.3 is 5.97 Å². The monoisotopic (exact) mass is 360 g/mol. The van der Waals surface area contributed by atoms with Crippen molar-refractivity contribution in [1.29, 1.82) is 0 Å². The second-order valence-electron chi connectivity index (χ2n) is 4.87. The lowest BCUT2D eigenvalue weighted by Gasteiger charge is -1.95. The molecule has 0 amide bonds. The summed E-state index contributed by atoms with van der Waals surface area (Å²) < 4.78 is 6.32. The van der Waals surface area contributed by atoms with Gasteiger partial charge in [0.15, 0.2) is 5.70 Å². The molecule has 0 aliphatic carbocycles. The summed E-state index contributed by atoms with van der Waals surface area (Å²) in [6.45, 7) is 1.91. The summed E-state index contributed by atoms with van der Waals surface area (Å²) >= 11 is 9.38. The van der Waals surface area contributed by atoms with E-state index >= 15 is 0 Å². The fraction of sp³-hybridized carbons (Fsp3) is 0.0625. The van der Waals surface area contributed by atoms with Gasteiger partial charge in [0.1, 0.15) is 4.88 Å². The van der Waals surface area contributed by atoms with Gasteiger partial charge in [-0.15, -0.1) is 22.7 Å². The fourth-order valence-corrected chi connectivity index (χ4v) is 4.25. The second-order valence-corrected chi connectivity index (χ2v) is 7.36. The van der Waals surface area contributed by atoms with E-state index < -0.39 is 5.97 Å². The van der Waals surface area contributed by atoms with Crippen LogP contribution in [0.2, 0.25) is 5.02 Å². The maximum absolute atomic E-state index is 12.0. The van der Waals surface area contributed by atoms with E-state index in [1.54, 1.807) is 6.08 Å². The lowest BCUT2D eigenvalue weighted by atomic mass is 10.2. The molecule has 0 spiro atoms. The third-order valence-electron chi connectivity index (χ3n) is 3.27. The summed E-state index contributed by atoms with van der Waals surface area (Å²) in [5.41, 5.74) is 0.936. The quantitative estimate of drug-likeness (QED) is 0.493. The van der Waals surface area contributed by atoms with Crippen molar-refractivity contribution >= 4 is 62.3 Å². The van der Waals surface area contributed by atoms with Crippen LogP contribution in [-0.2, 0) is 9.53 Å². The molecule has 0 radical (unpaired) electrons.